The van der Waals surface area contributed by atoms with E-state index in [4.69, 9.17) is 4.42 Å². The molecule has 3 aromatic heterocycles. The molecule has 1 unspecified atom stereocenters. The zero-order valence-electron chi connectivity index (χ0n) is 18.7. The molecular formula is C24H30N4O3. The number of furan rings is 1. The summed E-state index contributed by atoms with van der Waals surface area (Å²) in [5.74, 6) is 1.44. The Kier molecular flexibility index (Phi) is 5.69. The van der Waals surface area contributed by atoms with Crippen LogP contribution in [0.4, 0.5) is 0 Å². The SMILES string of the molecule is CCC1CC12CCN(C(=O)c1c(C)nn(C)c1C)CC2.O=Cc1cc2ccncc2o1. The van der Waals surface area contributed by atoms with Gasteiger partial charge in [0.15, 0.2) is 17.6 Å². The molecule has 4 heterocycles. The van der Waals surface area contributed by atoms with Gasteiger partial charge in [-0.3, -0.25) is 19.3 Å². The van der Waals surface area contributed by atoms with Crippen molar-refractivity contribution in [2.24, 2.45) is 18.4 Å². The van der Waals surface area contributed by atoms with Crippen molar-refractivity contribution < 1.29 is 14.0 Å². The highest BCUT2D eigenvalue weighted by Gasteiger charge is 2.53. The Morgan fingerprint density at radius 2 is 2.06 bits per heavy atom. The first-order valence-electron chi connectivity index (χ1n) is 11.0. The zero-order valence-corrected chi connectivity index (χ0v) is 18.7. The lowest BCUT2D eigenvalue weighted by Crippen LogP contribution is -2.40. The Labute approximate surface area is 182 Å². The molecule has 2 aliphatic rings. The number of pyridine rings is 1. The molecule has 5 rings (SSSR count). The van der Waals surface area contributed by atoms with Gasteiger partial charge in [0, 0.05) is 37.4 Å². The second kappa shape index (κ2) is 8.29. The van der Waals surface area contributed by atoms with Crippen LogP contribution in [0.25, 0.3) is 11.0 Å². The van der Waals surface area contributed by atoms with Crippen LogP contribution < -0.4 is 0 Å². The molecule has 1 spiro atoms. The monoisotopic (exact) mass is 422 g/mol. The number of piperidine rings is 1. The lowest BCUT2D eigenvalue weighted by atomic mass is 9.90. The van der Waals surface area contributed by atoms with E-state index in [9.17, 15) is 9.59 Å². The molecule has 164 valence electrons. The number of fused-ring (bicyclic) bond motifs is 1. The fraction of sp³-hybridized carbons (Fsp3) is 0.500. The fourth-order valence-electron chi connectivity index (χ4n) is 4.98. The van der Waals surface area contributed by atoms with E-state index in [1.165, 1.54) is 25.7 Å². The molecule has 3 aromatic rings. The van der Waals surface area contributed by atoms with E-state index >= 15 is 0 Å². The number of aryl methyl sites for hydroxylation is 2. The highest BCUT2D eigenvalue weighted by Crippen LogP contribution is 2.60. The van der Waals surface area contributed by atoms with Gasteiger partial charge in [-0.2, -0.15) is 5.10 Å². The van der Waals surface area contributed by atoms with Crippen LogP contribution in [0.3, 0.4) is 0 Å². The molecule has 0 N–H and O–H groups in total. The molecule has 1 atom stereocenters. The third-order valence-corrected chi connectivity index (χ3v) is 7.08. The Bertz CT molecular complexity index is 1070. The molecule has 0 bridgehead atoms. The number of hydrogen-bond acceptors (Lipinski definition) is 5. The summed E-state index contributed by atoms with van der Waals surface area (Å²) >= 11 is 0. The highest BCUT2D eigenvalue weighted by molar-refractivity contribution is 5.96. The van der Waals surface area contributed by atoms with Crippen LogP contribution in [-0.4, -0.2) is 44.9 Å². The molecule has 0 aromatic carbocycles. The third kappa shape index (κ3) is 4.01. The first-order chi connectivity index (χ1) is 14.9. The molecule has 1 aliphatic carbocycles. The minimum Gasteiger partial charge on any atom is -0.452 e. The lowest BCUT2D eigenvalue weighted by Gasteiger charge is -2.33. The summed E-state index contributed by atoms with van der Waals surface area (Å²) in [5.41, 5.74) is 3.88. The van der Waals surface area contributed by atoms with E-state index < -0.39 is 0 Å². The predicted octanol–water partition coefficient (Wildman–Crippen LogP) is 4.33. The van der Waals surface area contributed by atoms with Crippen molar-refractivity contribution in [2.75, 3.05) is 13.1 Å². The summed E-state index contributed by atoms with van der Waals surface area (Å²) in [6.07, 6.45) is 8.99. The van der Waals surface area contributed by atoms with Gasteiger partial charge in [-0.1, -0.05) is 13.3 Å². The van der Waals surface area contributed by atoms with Gasteiger partial charge >= 0.3 is 0 Å². The van der Waals surface area contributed by atoms with Gasteiger partial charge in [0.1, 0.15) is 0 Å². The Morgan fingerprint density at radius 1 is 1.32 bits per heavy atom. The van der Waals surface area contributed by atoms with Crippen molar-refractivity contribution in [1.82, 2.24) is 19.7 Å². The molecule has 1 aliphatic heterocycles. The maximum atomic E-state index is 12.7. The van der Waals surface area contributed by atoms with E-state index in [1.54, 1.807) is 24.5 Å². The Hall–Kier alpha value is -2.96. The standard InChI is InChI=1S/C16H25N3O.C8H5NO2/c1-5-13-10-16(13)6-8-19(9-7-16)15(20)14-11(2)17-18(4)12(14)3;10-5-7-3-6-1-2-9-4-8(6)11-7/h13H,5-10H2,1-4H3;1-5H. The average molecular weight is 423 g/mol. The molecule has 1 amide bonds. The summed E-state index contributed by atoms with van der Waals surface area (Å²) in [7, 11) is 1.90. The summed E-state index contributed by atoms with van der Waals surface area (Å²) in [4.78, 5) is 28.9. The Balaban J connectivity index is 0.000000177. The molecule has 7 heteroatoms. The van der Waals surface area contributed by atoms with Crippen molar-refractivity contribution >= 4 is 23.2 Å². The van der Waals surface area contributed by atoms with Gasteiger partial charge in [-0.15, -0.1) is 0 Å². The number of carbonyl (C=O) groups excluding carboxylic acids is 2. The van der Waals surface area contributed by atoms with Gasteiger partial charge in [-0.25, -0.2) is 0 Å². The van der Waals surface area contributed by atoms with E-state index in [1.807, 2.05) is 30.5 Å². The van der Waals surface area contributed by atoms with Crippen LogP contribution in [-0.2, 0) is 7.05 Å². The van der Waals surface area contributed by atoms with Crippen LogP contribution in [0.15, 0.2) is 28.9 Å². The Morgan fingerprint density at radius 3 is 2.61 bits per heavy atom. The van der Waals surface area contributed by atoms with E-state index in [-0.39, 0.29) is 5.91 Å². The minimum absolute atomic E-state index is 0.177. The minimum atomic E-state index is 0.177. The molecule has 2 fully saturated rings. The smallest absolute Gasteiger partial charge is 0.257 e. The number of rotatable bonds is 3. The summed E-state index contributed by atoms with van der Waals surface area (Å²) in [6.45, 7) is 8.04. The third-order valence-electron chi connectivity index (χ3n) is 7.08. The largest absolute Gasteiger partial charge is 0.452 e. The number of nitrogens with zero attached hydrogens (tertiary/aromatic N) is 4. The zero-order chi connectivity index (χ0) is 22.2. The maximum Gasteiger partial charge on any atom is 0.257 e. The first kappa shape index (κ1) is 21.3. The van der Waals surface area contributed by atoms with Crippen molar-refractivity contribution in [3.8, 4) is 0 Å². The molecule has 1 saturated carbocycles. The summed E-state index contributed by atoms with van der Waals surface area (Å²) in [5, 5.41) is 5.27. The van der Waals surface area contributed by atoms with E-state index in [0.717, 1.165) is 41.3 Å². The van der Waals surface area contributed by atoms with Crippen LogP contribution >= 0.6 is 0 Å². The topological polar surface area (TPSA) is 81.2 Å². The van der Waals surface area contributed by atoms with E-state index in [0.29, 0.717) is 23.0 Å². The summed E-state index contributed by atoms with van der Waals surface area (Å²) < 4.78 is 6.89. The molecular weight excluding hydrogens is 392 g/mol. The fourth-order valence-corrected chi connectivity index (χ4v) is 4.98. The summed E-state index contributed by atoms with van der Waals surface area (Å²) in [6, 6.07) is 3.48. The molecule has 31 heavy (non-hydrogen) atoms. The second-order valence-corrected chi connectivity index (χ2v) is 8.81. The van der Waals surface area contributed by atoms with Crippen LogP contribution in [0, 0.1) is 25.2 Å². The van der Waals surface area contributed by atoms with E-state index in [2.05, 4.69) is 17.0 Å². The molecule has 1 saturated heterocycles. The average Bonchev–Trinajstić information content (AvgIpc) is 3.15. The number of carbonyl (C=O) groups is 2. The second-order valence-electron chi connectivity index (χ2n) is 8.81. The van der Waals surface area contributed by atoms with Gasteiger partial charge in [0.25, 0.3) is 5.91 Å². The van der Waals surface area contributed by atoms with Gasteiger partial charge in [0.05, 0.1) is 17.5 Å². The van der Waals surface area contributed by atoms with Crippen molar-refractivity contribution in [3.63, 3.8) is 0 Å². The van der Waals surface area contributed by atoms with Gasteiger partial charge < -0.3 is 9.32 Å². The van der Waals surface area contributed by atoms with Crippen molar-refractivity contribution in [2.45, 2.75) is 46.5 Å². The molecule has 0 radical (unpaired) electrons. The number of aldehydes is 1. The van der Waals surface area contributed by atoms with Crippen LogP contribution in [0.2, 0.25) is 0 Å². The number of aromatic nitrogens is 3. The van der Waals surface area contributed by atoms with Crippen LogP contribution in [0.5, 0.6) is 0 Å². The first-order valence-corrected chi connectivity index (χ1v) is 11.0. The quantitative estimate of drug-likeness (QED) is 0.587. The normalized spacial score (nSPS) is 19.2. The number of likely N-dealkylation sites (tertiary alicyclic amines) is 1. The maximum absolute atomic E-state index is 12.7. The van der Waals surface area contributed by atoms with Crippen molar-refractivity contribution in [1.29, 1.82) is 0 Å². The predicted molar refractivity (Wildman–Crippen MR) is 118 cm³/mol. The van der Waals surface area contributed by atoms with Crippen molar-refractivity contribution in [3.05, 3.63) is 47.2 Å². The number of hydrogen-bond donors (Lipinski definition) is 0. The van der Waals surface area contributed by atoms with Crippen LogP contribution in [0.1, 0.15) is 64.9 Å². The molecule has 7 nitrogen and oxygen atoms in total. The van der Waals surface area contributed by atoms with Gasteiger partial charge in [0.2, 0.25) is 0 Å². The lowest BCUT2D eigenvalue weighted by molar-refractivity contribution is 0.0666. The number of amides is 1. The van der Waals surface area contributed by atoms with Gasteiger partial charge in [-0.05, 0) is 56.6 Å². The highest BCUT2D eigenvalue weighted by atomic mass is 16.3.